The SMILES string of the molecule is C.CC(C)(C)OC(=O)N1C(=O)Cc2ccc(Br)cc21.CS(=O)(=O)N(CCI)CCI.CS(=O)(=O)N1CCC2(CC1)C(=O)Cc1cc(Br)ccc12. The number of nitrogens with zero attached hydrogens (tertiary/aromatic N) is 3. The molecule has 1 spiro atoms. The van der Waals surface area contributed by atoms with E-state index in [-0.39, 0.29) is 25.5 Å². The lowest BCUT2D eigenvalue weighted by molar-refractivity contribution is -0.124. The number of imide groups is 1. The topological polar surface area (TPSA) is 138 Å². The monoisotopic (exact) mass is 1090 g/mol. The van der Waals surface area contributed by atoms with Gasteiger partial charge in [-0.25, -0.2) is 35.1 Å². The molecule has 0 N–H and O–H groups in total. The number of fused-ring (bicyclic) bond motifs is 3. The fraction of sp³-hybridized carbons (Fsp3) is 0.545. The maximum atomic E-state index is 12.5. The van der Waals surface area contributed by atoms with Crippen LogP contribution in [0.2, 0.25) is 0 Å². The molecule has 1 saturated heterocycles. The Kier molecular flexibility index (Phi) is 16.9. The highest BCUT2D eigenvalue weighted by Crippen LogP contribution is 2.45. The number of piperidine rings is 1. The quantitative estimate of drug-likeness (QED) is 0.225. The highest BCUT2D eigenvalue weighted by molar-refractivity contribution is 14.1. The Hall–Kier alpha value is -0.710. The number of amides is 2. The number of sulfonamides is 2. The van der Waals surface area contributed by atoms with Gasteiger partial charge >= 0.3 is 6.09 Å². The number of carbonyl (C=O) groups is 3. The number of halogens is 4. The van der Waals surface area contributed by atoms with E-state index in [2.05, 4.69) is 77.0 Å². The van der Waals surface area contributed by atoms with Gasteiger partial charge in [-0.3, -0.25) is 9.59 Å². The lowest BCUT2D eigenvalue weighted by Gasteiger charge is -2.37. The summed E-state index contributed by atoms with van der Waals surface area (Å²) in [5.74, 6) is -0.0175. The summed E-state index contributed by atoms with van der Waals surface area (Å²) in [4.78, 5) is 37.5. The molecule has 11 nitrogen and oxygen atoms in total. The van der Waals surface area contributed by atoms with Gasteiger partial charge in [0.05, 0.1) is 30.0 Å². The number of rotatable bonds is 6. The molecule has 2 amide bonds. The number of hydrogen-bond acceptors (Lipinski definition) is 8. The van der Waals surface area contributed by atoms with Crippen LogP contribution in [0.1, 0.15) is 57.7 Å². The zero-order valence-electron chi connectivity index (χ0n) is 28.0. The number of ketones is 1. The van der Waals surface area contributed by atoms with Gasteiger partial charge in [0.1, 0.15) is 11.4 Å². The van der Waals surface area contributed by atoms with Crippen LogP contribution in [0.5, 0.6) is 0 Å². The van der Waals surface area contributed by atoms with Gasteiger partial charge in [0, 0.05) is 50.4 Å². The van der Waals surface area contributed by atoms with E-state index in [9.17, 15) is 31.2 Å². The van der Waals surface area contributed by atoms with Gasteiger partial charge in [0.25, 0.3) is 0 Å². The smallest absolute Gasteiger partial charge is 0.421 e. The van der Waals surface area contributed by atoms with E-state index in [1.165, 1.54) is 21.1 Å². The van der Waals surface area contributed by atoms with Crippen molar-refractivity contribution in [3.8, 4) is 0 Å². The fourth-order valence-corrected chi connectivity index (χ4v) is 10.1. The molecule has 2 aromatic rings. The van der Waals surface area contributed by atoms with Crippen molar-refractivity contribution >= 4 is 121 Å². The molecule has 0 bridgehead atoms. The Bertz CT molecular complexity index is 1770. The van der Waals surface area contributed by atoms with Crippen molar-refractivity contribution in [1.82, 2.24) is 8.61 Å². The highest BCUT2D eigenvalue weighted by Gasteiger charge is 2.48. The minimum Gasteiger partial charge on any atom is -0.443 e. The van der Waals surface area contributed by atoms with Crippen LogP contribution in [-0.4, -0.2) is 96.4 Å². The molecule has 1 aliphatic carbocycles. The number of ether oxygens (including phenoxy) is 1. The fourth-order valence-electron chi connectivity index (χ4n) is 5.83. The summed E-state index contributed by atoms with van der Waals surface area (Å²) in [5.41, 5.74) is 2.54. The lowest BCUT2D eigenvalue weighted by Crippen LogP contribution is -2.47. The number of alkyl halides is 2. The van der Waals surface area contributed by atoms with E-state index in [0.29, 0.717) is 51.1 Å². The molecule has 5 rings (SSSR count). The first-order valence-electron chi connectivity index (χ1n) is 15.3. The van der Waals surface area contributed by atoms with Crippen molar-refractivity contribution in [2.45, 2.75) is 64.9 Å². The predicted molar refractivity (Wildman–Crippen MR) is 223 cm³/mol. The Labute approximate surface area is 341 Å². The molecule has 17 heteroatoms. The van der Waals surface area contributed by atoms with Crippen molar-refractivity contribution in [3.63, 3.8) is 0 Å². The Morgan fingerprint density at radius 2 is 1.44 bits per heavy atom. The van der Waals surface area contributed by atoms with Crippen LogP contribution in [0, 0.1) is 0 Å². The molecule has 3 aliphatic rings. The third-order valence-corrected chi connectivity index (χ3v) is 12.7. The molecule has 50 heavy (non-hydrogen) atoms. The van der Waals surface area contributed by atoms with Crippen LogP contribution < -0.4 is 4.90 Å². The minimum absolute atomic E-state index is 0. The van der Waals surface area contributed by atoms with Gasteiger partial charge in [-0.1, -0.05) is 96.6 Å². The normalized spacial score (nSPS) is 16.9. The van der Waals surface area contributed by atoms with Crippen LogP contribution in [0.4, 0.5) is 10.5 Å². The molecule has 0 aromatic heterocycles. The third-order valence-electron chi connectivity index (χ3n) is 8.10. The summed E-state index contributed by atoms with van der Waals surface area (Å²) in [7, 11) is -6.12. The summed E-state index contributed by atoms with van der Waals surface area (Å²) in [6, 6.07) is 11.4. The Balaban J connectivity index is 0.000000269. The van der Waals surface area contributed by atoms with Crippen molar-refractivity contribution in [2.75, 3.05) is 52.4 Å². The van der Waals surface area contributed by atoms with Gasteiger partial charge < -0.3 is 4.74 Å². The van der Waals surface area contributed by atoms with Crippen LogP contribution in [0.15, 0.2) is 45.3 Å². The van der Waals surface area contributed by atoms with Crippen LogP contribution in [0.25, 0.3) is 0 Å². The molecule has 1 fully saturated rings. The summed E-state index contributed by atoms with van der Waals surface area (Å²) in [6.07, 6.45) is 3.75. The zero-order chi connectivity index (χ0) is 36.9. The molecular formula is C33H45Br2I2N3O8S2. The molecule has 0 saturated carbocycles. The zero-order valence-corrected chi connectivity index (χ0v) is 37.1. The first-order chi connectivity index (χ1) is 22.6. The highest BCUT2D eigenvalue weighted by atomic mass is 127. The molecule has 280 valence electrons. The minimum atomic E-state index is -3.16. The van der Waals surface area contributed by atoms with E-state index in [1.54, 1.807) is 26.8 Å². The average Bonchev–Trinajstić information content (AvgIpc) is 3.43. The molecular weight excluding hydrogens is 1040 g/mol. The van der Waals surface area contributed by atoms with Gasteiger partial charge in [-0.2, -0.15) is 0 Å². The van der Waals surface area contributed by atoms with Crippen molar-refractivity contribution < 1.29 is 36.0 Å². The average molecular weight is 1090 g/mol. The van der Waals surface area contributed by atoms with Crippen LogP contribution in [0.3, 0.4) is 0 Å². The van der Waals surface area contributed by atoms with E-state index in [1.807, 2.05) is 30.3 Å². The van der Waals surface area contributed by atoms with E-state index in [4.69, 9.17) is 4.74 Å². The molecule has 0 unspecified atom stereocenters. The number of carbonyl (C=O) groups excluding carboxylic acids is 3. The van der Waals surface area contributed by atoms with Crippen molar-refractivity contribution in [1.29, 1.82) is 0 Å². The first-order valence-corrected chi connectivity index (χ1v) is 23.6. The van der Waals surface area contributed by atoms with E-state index < -0.39 is 37.2 Å². The molecule has 2 aromatic carbocycles. The molecule has 0 atom stereocenters. The number of anilines is 1. The second kappa shape index (κ2) is 18.6. The maximum Gasteiger partial charge on any atom is 0.421 e. The van der Waals surface area contributed by atoms with E-state index >= 15 is 0 Å². The summed E-state index contributed by atoms with van der Waals surface area (Å²) >= 11 is 11.1. The lowest BCUT2D eigenvalue weighted by atomic mass is 9.73. The predicted octanol–water partition coefficient (Wildman–Crippen LogP) is 6.89. The summed E-state index contributed by atoms with van der Waals surface area (Å²) in [6.45, 7) is 7.43. The van der Waals surface area contributed by atoms with Crippen molar-refractivity contribution in [3.05, 3.63) is 62.0 Å². The Morgan fingerprint density at radius 3 is 1.94 bits per heavy atom. The maximum absolute atomic E-state index is 12.5. The largest absolute Gasteiger partial charge is 0.443 e. The van der Waals surface area contributed by atoms with E-state index in [0.717, 1.165) is 39.4 Å². The summed E-state index contributed by atoms with van der Waals surface area (Å²) < 4.78 is 57.0. The Morgan fingerprint density at radius 1 is 0.900 bits per heavy atom. The van der Waals surface area contributed by atoms with Crippen LogP contribution in [-0.2, 0) is 52.6 Å². The molecule has 2 heterocycles. The van der Waals surface area contributed by atoms with Crippen molar-refractivity contribution in [2.24, 2.45) is 0 Å². The molecule has 0 radical (unpaired) electrons. The van der Waals surface area contributed by atoms with Gasteiger partial charge in [0.2, 0.25) is 26.0 Å². The second-order valence-electron chi connectivity index (χ2n) is 12.8. The van der Waals surface area contributed by atoms with Gasteiger partial charge in [0.15, 0.2) is 0 Å². The standard InChI is InChI=1S/C14H16BrNO3S.C13H14BrNO3.C5H11I2NO2S.CH4/c1-20(18,19)16-6-4-14(5-7-16)12-3-2-11(15)8-10(12)9-13(14)17;1-13(2,3)18-12(17)15-10-7-9(14)5-4-8(10)6-11(15)16;1-11(9,10)8(4-2-6)5-3-7;/h2-3,8H,4-7,9H2,1H3;4-5,7H,6H2,1-3H3;2-5H2,1H3;1H4. The first kappa shape index (κ1) is 45.4. The number of hydrogen-bond donors (Lipinski definition) is 0. The number of benzene rings is 2. The third kappa shape index (κ3) is 11.9. The molecule has 2 aliphatic heterocycles. The number of Topliss-reactive ketones (excluding diaryl/α,β-unsaturated/α-hetero) is 1. The van der Waals surface area contributed by atoms with Crippen LogP contribution >= 0.6 is 77.0 Å². The van der Waals surface area contributed by atoms with Gasteiger partial charge in [-0.05, 0) is 74.6 Å². The summed E-state index contributed by atoms with van der Waals surface area (Å²) in [5, 5.41) is 0. The second-order valence-corrected chi connectivity index (χ2v) is 20.8. The van der Waals surface area contributed by atoms with Gasteiger partial charge in [-0.15, -0.1) is 0 Å².